The third-order valence-corrected chi connectivity index (χ3v) is 2.59. The van der Waals surface area contributed by atoms with Gasteiger partial charge in [-0.3, -0.25) is 0 Å². The minimum absolute atomic E-state index is 0.179. The molecule has 100 valence electrons. The lowest BCUT2D eigenvalue weighted by Crippen LogP contribution is -2.08. The Kier molecular flexibility index (Phi) is 4.66. The van der Waals surface area contributed by atoms with Gasteiger partial charge in [-0.2, -0.15) is 0 Å². The van der Waals surface area contributed by atoms with Crippen LogP contribution in [0.4, 0.5) is 10.2 Å². The molecule has 0 amide bonds. The van der Waals surface area contributed by atoms with Crippen LogP contribution in [0.15, 0.2) is 36.7 Å². The zero-order valence-electron chi connectivity index (χ0n) is 10.8. The van der Waals surface area contributed by atoms with Gasteiger partial charge in [0.2, 0.25) is 5.88 Å². The summed E-state index contributed by atoms with van der Waals surface area (Å²) in [4.78, 5) is 8.06. The fraction of sp³-hybridized carbons (Fsp3) is 0.286. The van der Waals surface area contributed by atoms with E-state index in [-0.39, 0.29) is 5.82 Å². The lowest BCUT2D eigenvalue weighted by atomic mass is 10.1. The summed E-state index contributed by atoms with van der Waals surface area (Å²) in [5, 5.41) is 3.12. The molecule has 1 aromatic carbocycles. The first-order valence-corrected chi connectivity index (χ1v) is 6.21. The van der Waals surface area contributed by atoms with Gasteiger partial charge in [0, 0.05) is 12.6 Å². The molecule has 0 aliphatic heterocycles. The van der Waals surface area contributed by atoms with Crippen LogP contribution in [-0.2, 0) is 6.42 Å². The molecule has 0 aliphatic carbocycles. The van der Waals surface area contributed by atoms with Crippen LogP contribution in [-0.4, -0.2) is 23.1 Å². The smallest absolute Gasteiger partial charge is 0.218 e. The molecule has 4 nitrogen and oxygen atoms in total. The van der Waals surface area contributed by atoms with Crippen molar-refractivity contribution in [3.05, 3.63) is 48.0 Å². The van der Waals surface area contributed by atoms with Crippen LogP contribution in [0.2, 0.25) is 0 Å². The van der Waals surface area contributed by atoms with Crippen molar-refractivity contribution in [3.63, 3.8) is 0 Å². The topological polar surface area (TPSA) is 47.0 Å². The predicted molar refractivity (Wildman–Crippen MR) is 71.8 cm³/mol. The van der Waals surface area contributed by atoms with Crippen molar-refractivity contribution in [2.24, 2.45) is 0 Å². The van der Waals surface area contributed by atoms with E-state index in [2.05, 4.69) is 15.3 Å². The van der Waals surface area contributed by atoms with Crippen LogP contribution in [0.1, 0.15) is 12.5 Å². The van der Waals surface area contributed by atoms with E-state index >= 15 is 0 Å². The van der Waals surface area contributed by atoms with Crippen molar-refractivity contribution in [1.29, 1.82) is 0 Å². The molecular weight excluding hydrogens is 245 g/mol. The number of nitrogens with one attached hydrogen (secondary N) is 1. The lowest BCUT2D eigenvalue weighted by molar-refractivity contribution is 0.326. The fourth-order valence-corrected chi connectivity index (χ4v) is 1.69. The monoisotopic (exact) mass is 261 g/mol. The highest BCUT2D eigenvalue weighted by Gasteiger charge is 2.02. The number of hydrogen-bond acceptors (Lipinski definition) is 4. The van der Waals surface area contributed by atoms with E-state index in [1.807, 2.05) is 13.0 Å². The Bertz CT molecular complexity index is 534. The number of nitrogens with zero attached hydrogens (tertiary/aromatic N) is 2. The Hall–Kier alpha value is -2.17. The third kappa shape index (κ3) is 3.91. The van der Waals surface area contributed by atoms with Crippen LogP contribution >= 0.6 is 0 Å². The highest BCUT2D eigenvalue weighted by atomic mass is 19.1. The Morgan fingerprint density at radius 2 is 2.11 bits per heavy atom. The molecule has 0 fully saturated rings. The highest BCUT2D eigenvalue weighted by Crippen LogP contribution is 2.11. The number of halogens is 1. The van der Waals surface area contributed by atoms with E-state index in [1.54, 1.807) is 18.2 Å². The van der Waals surface area contributed by atoms with E-state index in [1.165, 1.54) is 12.4 Å². The first kappa shape index (κ1) is 13.3. The molecule has 0 unspecified atom stereocenters. The summed E-state index contributed by atoms with van der Waals surface area (Å²) in [5.74, 6) is 1.03. The molecule has 0 saturated heterocycles. The summed E-state index contributed by atoms with van der Waals surface area (Å²) in [6, 6.07) is 8.49. The lowest BCUT2D eigenvalue weighted by Gasteiger charge is -2.07. The molecule has 0 atom stereocenters. The fourth-order valence-electron chi connectivity index (χ4n) is 1.69. The Labute approximate surface area is 111 Å². The molecular formula is C14H16FN3O. The molecule has 2 aromatic rings. The Morgan fingerprint density at radius 3 is 2.89 bits per heavy atom. The number of anilines is 1. The molecule has 0 radical (unpaired) electrons. The normalized spacial score (nSPS) is 10.2. The van der Waals surface area contributed by atoms with E-state index in [0.29, 0.717) is 36.8 Å². The van der Waals surface area contributed by atoms with Crippen LogP contribution in [0.3, 0.4) is 0 Å². The number of benzene rings is 1. The van der Waals surface area contributed by atoms with Gasteiger partial charge in [-0.1, -0.05) is 18.2 Å². The largest absolute Gasteiger partial charge is 0.478 e. The second kappa shape index (κ2) is 6.68. The van der Waals surface area contributed by atoms with Gasteiger partial charge in [0.15, 0.2) is 0 Å². The van der Waals surface area contributed by atoms with Crippen LogP contribution in [0.25, 0.3) is 0 Å². The average molecular weight is 261 g/mol. The summed E-state index contributed by atoms with van der Waals surface area (Å²) < 4.78 is 18.7. The number of ether oxygens (including phenoxy) is 1. The summed E-state index contributed by atoms with van der Waals surface area (Å²) in [6.07, 6.45) is 2.04. The van der Waals surface area contributed by atoms with Crippen molar-refractivity contribution in [2.45, 2.75) is 13.3 Å². The van der Waals surface area contributed by atoms with Gasteiger partial charge >= 0.3 is 0 Å². The van der Waals surface area contributed by atoms with Crippen LogP contribution in [0, 0.1) is 5.82 Å². The Balaban J connectivity index is 1.89. The van der Waals surface area contributed by atoms with Gasteiger partial charge in [0.1, 0.15) is 18.0 Å². The average Bonchev–Trinajstić information content (AvgIpc) is 2.42. The SMILES string of the molecule is CCOc1cc(NCCc2ccccc2F)ncn1. The van der Waals surface area contributed by atoms with Crippen molar-refractivity contribution in [3.8, 4) is 5.88 Å². The van der Waals surface area contributed by atoms with Gasteiger partial charge in [-0.15, -0.1) is 0 Å². The summed E-state index contributed by atoms with van der Waals surface area (Å²) in [7, 11) is 0. The van der Waals surface area contributed by atoms with Gasteiger partial charge in [-0.05, 0) is 25.0 Å². The van der Waals surface area contributed by atoms with E-state index in [0.717, 1.165) is 0 Å². The summed E-state index contributed by atoms with van der Waals surface area (Å²) in [5.41, 5.74) is 0.689. The molecule has 5 heteroatoms. The second-order valence-corrected chi connectivity index (χ2v) is 3.94. The van der Waals surface area contributed by atoms with E-state index < -0.39 is 0 Å². The maximum Gasteiger partial charge on any atom is 0.218 e. The standard InChI is InChI=1S/C14H16FN3O/c1-2-19-14-9-13(17-10-18-14)16-8-7-11-5-3-4-6-12(11)15/h3-6,9-10H,2,7-8H2,1H3,(H,16,17,18). The van der Waals surface area contributed by atoms with E-state index in [9.17, 15) is 4.39 Å². The molecule has 0 spiro atoms. The number of aromatic nitrogens is 2. The summed E-state index contributed by atoms with van der Waals surface area (Å²) in [6.45, 7) is 3.06. The molecule has 0 bridgehead atoms. The maximum atomic E-state index is 13.4. The highest BCUT2D eigenvalue weighted by molar-refractivity contribution is 5.37. The van der Waals surface area contributed by atoms with Crippen LogP contribution < -0.4 is 10.1 Å². The summed E-state index contributed by atoms with van der Waals surface area (Å²) >= 11 is 0. The molecule has 1 aromatic heterocycles. The van der Waals surface area contributed by atoms with Crippen molar-refractivity contribution in [1.82, 2.24) is 9.97 Å². The first-order valence-electron chi connectivity index (χ1n) is 6.21. The van der Waals surface area contributed by atoms with E-state index in [4.69, 9.17) is 4.74 Å². The molecule has 19 heavy (non-hydrogen) atoms. The molecule has 0 saturated carbocycles. The van der Waals surface area contributed by atoms with Gasteiger partial charge in [-0.25, -0.2) is 14.4 Å². The maximum absolute atomic E-state index is 13.4. The molecule has 1 N–H and O–H groups in total. The zero-order chi connectivity index (χ0) is 13.5. The molecule has 0 aliphatic rings. The minimum atomic E-state index is -0.179. The van der Waals surface area contributed by atoms with Crippen molar-refractivity contribution >= 4 is 5.82 Å². The van der Waals surface area contributed by atoms with Gasteiger partial charge in [0.05, 0.1) is 6.61 Å². The van der Waals surface area contributed by atoms with Gasteiger partial charge < -0.3 is 10.1 Å². The third-order valence-electron chi connectivity index (χ3n) is 2.59. The number of rotatable bonds is 6. The minimum Gasteiger partial charge on any atom is -0.478 e. The zero-order valence-corrected chi connectivity index (χ0v) is 10.8. The van der Waals surface area contributed by atoms with Crippen molar-refractivity contribution < 1.29 is 9.13 Å². The molecule has 1 heterocycles. The van der Waals surface area contributed by atoms with Crippen LogP contribution in [0.5, 0.6) is 5.88 Å². The predicted octanol–water partition coefficient (Wildman–Crippen LogP) is 2.67. The van der Waals surface area contributed by atoms with Crippen molar-refractivity contribution in [2.75, 3.05) is 18.5 Å². The molecule has 2 rings (SSSR count). The van der Waals surface area contributed by atoms with Gasteiger partial charge in [0.25, 0.3) is 0 Å². The quantitative estimate of drug-likeness (QED) is 0.868. The number of hydrogen-bond donors (Lipinski definition) is 1. The first-order chi connectivity index (χ1) is 9.29. The Morgan fingerprint density at radius 1 is 1.26 bits per heavy atom. The second-order valence-electron chi connectivity index (χ2n) is 3.94.